The summed E-state index contributed by atoms with van der Waals surface area (Å²) in [6, 6.07) is 4.28. The topological polar surface area (TPSA) is 58.3 Å². The lowest BCUT2D eigenvalue weighted by Crippen LogP contribution is -2.08. The predicted molar refractivity (Wildman–Crippen MR) is 64.8 cm³/mol. The van der Waals surface area contributed by atoms with Crippen molar-refractivity contribution in [2.24, 2.45) is 5.92 Å². The third-order valence-electron chi connectivity index (χ3n) is 2.52. The van der Waals surface area contributed by atoms with E-state index in [2.05, 4.69) is 5.32 Å². The number of aliphatic hydroxyl groups is 1. The molecule has 3 nitrogen and oxygen atoms in total. The third kappa shape index (κ3) is 4.06. The second kappa shape index (κ2) is 6.33. The van der Waals surface area contributed by atoms with Gasteiger partial charge in [-0.25, -0.2) is 4.39 Å². The van der Waals surface area contributed by atoms with Crippen molar-refractivity contribution in [3.63, 3.8) is 0 Å². The average molecular weight is 226 g/mol. The van der Waals surface area contributed by atoms with E-state index in [9.17, 15) is 4.39 Å². The maximum absolute atomic E-state index is 12.9. The molecular formula is C12H19FN2O. The molecule has 90 valence electrons. The normalized spacial score (nSPS) is 12.4. The number of benzene rings is 1. The van der Waals surface area contributed by atoms with Crippen molar-refractivity contribution in [1.82, 2.24) is 0 Å². The number of nitrogens with two attached hydrogens (primary N) is 1. The van der Waals surface area contributed by atoms with Crippen molar-refractivity contribution in [3.8, 4) is 0 Å². The molecule has 1 atom stereocenters. The van der Waals surface area contributed by atoms with Gasteiger partial charge in [-0.15, -0.1) is 0 Å². The maximum atomic E-state index is 12.9. The molecule has 0 aliphatic heterocycles. The van der Waals surface area contributed by atoms with Crippen molar-refractivity contribution in [2.75, 3.05) is 24.2 Å². The zero-order valence-corrected chi connectivity index (χ0v) is 9.54. The Morgan fingerprint density at radius 1 is 1.50 bits per heavy atom. The van der Waals surface area contributed by atoms with E-state index in [4.69, 9.17) is 10.8 Å². The summed E-state index contributed by atoms with van der Waals surface area (Å²) in [5.74, 6) is 0.0204. The second-order valence-electron chi connectivity index (χ2n) is 4.09. The molecule has 1 aromatic rings. The summed E-state index contributed by atoms with van der Waals surface area (Å²) in [5, 5.41) is 11.9. The highest BCUT2D eigenvalue weighted by Gasteiger charge is 2.02. The van der Waals surface area contributed by atoms with Gasteiger partial charge in [0.2, 0.25) is 0 Å². The van der Waals surface area contributed by atoms with Gasteiger partial charge in [-0.05, 0) is 37.0 Å². The molecule has 1 rings (SSSR count). The molecule has 0 aromatic heterocycles. The van der Waals surface area contributed by atoms with Crippen LogP contribution in [0, 0.1) is 11.7 Å². The summed E-state index contributed by atoms with van der Waals surface area (Å²) in [6.45, 7) is 2.94. The Morgan fingerprint density at radius 3 is 2.94 bits per heavy atom. The first-order chi connectivity index (χ1) is 7.63. The predicted octanol–water partition coefficient (Wildman–Crippen LogP) is 2.23. The number of hydrogen-bond donors (Lipinski definition) is 3. The second-order valence-corrected chi connectivity index (χ2v) is 4.09. The monoisotopic (exact) mass is 226 g/mol. The highest BCUT2D eigenvalue weighted by atomic mass is 19.1. The van der Waals surface area contributed by atoms with Crippen LogP contribution in [0.1, 0.15) is 19.8 Å². The van der Waals surface area contributed by atoms with E-state index < -0.39 is 0 Å². The SMILES string of the molecule is CC(CO)CCCNc1cc(F)ccc1N. The highest BCUT2D eigenvalue weighted by Crippen LogP contribution is 2.19. The van der Waals surface area contributed by atoms with Crippen LogP contribution in [-0.2, 0) is 0 Å². The molecule has 1 unspecified atom stereocenters. The number of rotatable bonds is 6. The van der Waals surface area contributed by atoms with Crippen molar-refractivity contribution in [1.29, 1.82) is 0 Å². The summed E-state index contributed by atoms with van der Waals surface area (Å²) >= 11 is 0. The van der Waals surface area contributed by atoms with Gasteiger partial charge in [-0.3, -0.25) is 0 Å². The lowest BCUT2D eigenvalue weighted by Gasteiger charge is -2.11. The number of nitrogens with one attached hydrogen (secondary N) is 1. The van der Waals surface area contributed by atoms with Gasteiger partial charge in [0.15, 0.2) is 0 Å². The molecule has 0 aliphatic rings. The first kappa shape index (κ1) is 12.8. The Kier molecular flexibility index (Phi) is 5.05. The van der Waals surface area contributed by atoms with Crippen LogP contribution in [-0.4, -0.2) is 18.3 Å². The number of anilines is 2. The summed E-state index contributed by atoms with van der Waals surface area (Å²) in [6.07, 6.45) is 1.87. The number of aliphatic hydroxyl groups excluding tert-OH is 1. The molecule has 16 heavy (non-hydrogen) atoms. The molecular weight excluding hydrogens is 207 g/mol. The number of nitrogen functional groups attached to an aromatic ring is 1. The molecule has 0 saturated heterocycles. The minimum absolute atomic E-state index is 0.210. The molecule has 0 fully saturated rings. The van der Waals surface area contributed by atoms with Crippen molar-refractivity contribution >= 4 is 11.4 Å². The van der Waals surface area contributed by atoms with Crippen LogP contribution in [0.15, 0.2) is 18.2 Å². The minimum atomic E-state index is -0.291. The Balaban J connectivity index is 2.34. The van der Waals surface area contributed by atoms with Gasteiger partial charge in [0.25, 0.3) is 0 Å². The standard InChI is InChI=1S/C12H19FN2O/c1-9(8-16)3-2-6-15-12-7-10(13)4-5-11(12)14/h4-5,7,9,15-16H,2-3,6,8,14H2,1H3. The van der Waals surface area contributed by atoms with Crippen molar-refractivity contribution in [3.05, 3.63) is 24.0 Å². The fourth-order valence-electron chi connectivity index (χ4n) is 1.45. The van der Waals surface area contributed by atoms with Gasteiger partial charge in [-0.2, -0.15) is 0 Å². The molecule has 1 aromatic carbocycles. The van der Waals surface area contributed by atoms with E-state index >= 15 is 0 Å². The van der Waals surface area contributed by atoms with Crippen LogP contribution in [0.5, 0.6) is 0 Å². The van der Waals surface area contributed by atoms with Crippen LogP contribution in [0.3, 0.4) is 0 Å². The molecule has 4 heteroatoms. The first-order valence-corrected chi connectivity index (χ1v) is 5.53. The van der Waals surface area contributed by atoms with Crippen LogP contribution in [0.4, 0.5) is 15.8 Å². The summed E-state index contributed by atoms with van der Waals surface area (Å²) in [5.41, 5.74) is 6.88. The van der Waals surface area contributed by atoms with E-state index in [1.165, 1.54) is 12.1 Å². The van der Waals surface area contributed by atoms with Gasteiger partial charge in [0, 0.05) is 13.2 Å². The summed E-state index contributed by atoms with van der Waals surface area (Å²) in [4.78, 5) is 0. The fraction of sp³-hybridized carbons (Fsp3) is 0.500. The van der Waals surface area contributed by atoms with Crippen LogP contribution in [0.2, 0.25) is 0 Å². The zero-order valence-electron chi connectivity index (χ0n) is 9.54. The molecule has 0 bridgehead atoms. The Bertz CT molecular complexity index is 331. The highest BCUT2D eigenvalue weighted by molar-refractivity contribution is 5.65. The Hall–Kier alpha value is -1.29. The van der Waals surface area contributed by atoms with Crippen LogP contribution in [0.25, 0.3) is 0 Å². The average Bonchev–Trinajstić information content (AvgIpc) is 2.28. The van der Waals surface area contributed by atoms with Gasteiger partial charge >= 0.3 is 0 Å². The smallest absolute Gasteiger partial charge is 0.125 e. The molecule has 0 spiro atoms. The Labute approximate surface area is 95.5 Å². The maximum Gasteiger partial charge on any atom is 0.125 e. The van der Waals surface area contributed by atoms with Gasteiger partial charge in [0.1, 0.15) is 5.82 Å². The van der Waals surface area contributed by atoms with E-state index in [0.717, 1.165) is 19.4 Å². The molecule has 0 radical (unpaired) electrons. The van der Waals surface area contributed by atoms with Gasteiger partial charge in [0.05, 0.1) is 11.4 Å². The molecule has 0 heterocycles. The number of hydrogen-bond acceptors (Lipinski definition) is 3. The van der Waals surface area contributed by atoms with E-state index in [1.807, 2.05) is 6.92 Å². The molecule has 0 saturated carbocycles. The van der Waals surface area contributed by atoms with E-state index in [0.29, 0.717) is 17.3 Å². The van der Waals surface area contributed by atoms with Crippen LogP contribution >= 0.6 is 0 Å². The summed E-state index contributed by atoms with van der Waals surface area (Å²) < 4.78 is 12.9. The third-order valence-corrected chi connectivity index (χ3v) is 2.52. The van der Waals surface area contributed by atoms with E-state index in [1.54, 1.807) is 6.07 Å². The van der Waals surface area contributed by atoms with Crippen LogP contribution < -0.4 is 11.1 Å². The van der Waals surface area contributed by atoms with Gasteiger partial charge < -0.3 is 16.2 Å². The number of halogens is 1. The van der Waals surface area contributed by atoms with E-state index in [-0.39, 0.29) is 12.4 Å². The lowest BCUT2D eigenvalue weighted by atomic mass is 10.1. The van der Waals surface area contributed by atoms with Gasteiger partial charge in [-0.1, -0.05) is 6.92 Å². The molecule has 0 aliphatic carbocycles. The largest absolute Gasteiger partial charge is 0.397 e. The lowest BCUT2D eigenvalue weighted by molar-refractivity contribution is 0.229. The first-order valence-electron chi connectivity index (χ1n) is 5.53. The molecule has 4 N–H and O–H groups in total. The zero-order chi connectivity index (χ0) is 12.0. The van der Waals surface area contributed by atoms with Crippen molar-refractivity contribution in [2.45, 2.75) is 19.8 Å². The quantitative estimate of drug-likeness (QED) is 0.515. The fourth-order valence-corrected chi connectivity index (χ4v) is 1.45. The Morgan fingerprint density at radius 2 is 2.25 bits per heavy atom. The van der Waals surface area contributed by atoms with Crippen molar-refractivity contribution < 1.29 is 9.50 Å². The minimum Gasteiger partial charge on any atom is -0.397 e. The molecule has 0 amide bonds. The summed E-state index contributed by atoms with van der Waals surface area (Å²) in [7, 11) is 0.